The molecule has 0 spiro atoms. The Kier molecular flexibility index (Phi) is 9.53. The van der Waals surface area contributed by atoms with Crippen molar-refractivity contribution >= 4 is 5.97 Å². The third-order valence-corrected chi connectivity index (χ3v) is 3.77. The molecule has 0 amide bonds. The summed E-state index contributed by atoms with van der Waals surface area (Å²) in [6, 6.07) is 0.669. The molecule has 0 saturated carbocycles. The van der Waals surface area contributed by atoms with E-state index in [1.54, 1.807) is 0 Å². The highest BCUT2D eigenvalue weighted by Crippen LogP contribution is 2.14. The first-order chi connectivity index (χ1) is 8.94. The molecule has 1 N–H and O–H groups in total. The zero-order valence-corrected chi connectivity index (χ0v) is 13.1. The molecule has 4 heteroatoms. The minimum Gasteiger partial charge on any atom is -0.367 e. The summed E-state index contributed by atoms with van der Waals surface area (Å²) < 4.78 is 1.01. The van der Waals surface area contributed by atoms with E-state index in [4.69, 9.17) is 4.84 Å². The fraction of sp³-hybridized carbons (Fsp3) is 0.800. The molecule has 112 valence electrons. The second-order valence-electron chi connectivity index (χ2n) is 5.72. The number of nitrogens with zero attached hydrogens (tertiary/aromatic N) is 1. The fourth-order valence-electron chi connectivity index (χ4n) is 1.98. The number of hydrogen-bond donors (Lipinski definition) is 1. The van der Waals surface area contributed by atoms with Crippen LogP contribution in [0.25, 0.3) is 0 Å². The molecule has 4 nitrogen and oxygen atoms in total. The van der Waals surface area contributed by atoms with E-state index in [-0.39, 0.29) is 0 Å². The number of carbonyl (C=O) groups is 1. The first-order valence-corrected chi connectivity index (χ1v) is 7.32. The van der Waals surface area contributed by atoms with Gasteiger partial charge in [-0.05, 0) is 19.8 Å². The lowest BCUT2D eigenvalue weighted by atomic mass is 10.1. The first-order valence-electron chi connectivity index (χ1n) is 7.32. The molecule has 0 aromatic heterocycles. The monoisotopic (exact) mass is 271 g/mol. The van der Waals surface area contributed by atoms with Crippen molar-refractivity contribution in [2.24, 2.45) is 0 Å². The molecule has 0 fully saturated rings. The normalized spacial score (nSPS) is 13.1. The second-order valence-corrected chi connectivity index (χ2v) is 5.72. The summed E-state index contributed by atoms with van der Waals surface area (Å²) in [6.07, 6.45) is 7.33. The van der Waals surface area contributed by atoms with Crippen LogP contribution in [-0.2, 0) is 9.63 Å². The molecular weight excluding hydrogens is 240 g/mol. The van der Waals surface area contributed by atoms with Crippen molar-refractivity contribution < 1.29 is 14.1 Å². The van der Waals surface area contributed by atoms with Gasteiger partial charge in [0.2, 0.25) is 0 Å². The van der Waals surface area contributed by atoms with Crippen LogP contribution < -0.4 is 5.48 Å². The molecule has 0 rings (SSSR count). The number of hydroxylamine groups is 1. The number of nitrogens with one attached hydrogen (secondary N) is 1. The number of quaternary nitrogens is 1. The van der Waals surface area contributed by atoms with Crippen molar-refractivity contribution in [3.8, 4) is 0 Å². The van der Waals surface area contributed by atoms with Gasteiger partial charge in [0.15, 0.2) is 0 Å². The molecule has 19 heavy (non-hydrogen) atoms. The molecule has 0 aliphatic carbocycles. The summed E-state index contributed by atoms with van der Waals surface area (Å²) in [4.78, 5) is 15.6. The lowest BCUT2D eigenvalue weighted by Crippen LogP contribution is -2.48. The van der Waals surface area contributed by atoms with Gasteiger partial charge in [-0.15, -0.1) is 0 Å². The Bertz CT molecular complexity index is 265. The van der Waals surface area contributed by atoms with E-state index in [2.05, 4.69) is 40.0 Å². The van der Waals surface area contributed by atoms with Crippen molar-refractivity contribution in [2.45, 2.75) is 52.0 Å². The Morgan fingerprint density at radius 2 is 2.05 bits per heavy atom. The highest BCUT2D eigenvalue weighted by molar-refractivity contribution is 5.80. The van der Waals surface area contributed by atoms with Gasteiger partial charge in [-0.2, -0.15) is 5.48 Å². The van der Waals surface area contributed by atoms with Crippen molar-refractivity contribution in [3.05, 3.63) is 12.7 Å². The van der Waals surface area contributed by atoms with E-state index in [0.717, 1.165) is 23.5 Å². The fourth-order valence-corrected chi connectivity index (χ4v) is 1.98. The lowest BCUT2D eigenvalue weighted by molar-refractivity contribution is -0.913. The zero-order valence-electron chi connectivity index (χ0n) is 13.1. The maximum atomic E-state index is 10.8. The van der Waals surface area contributed by atoms with Crippen molar-refractivity contribution in [2.75, 3.05) is 27.2 Å². The maximum Gasteiger partial charge on any atom is 0.348 e. The van der Waals surface area contributed by atoms with Crippen LogP contribution in [0, 0.1) is 0 Å². The van der Waals surface area contributed by atoms with E-state index in [1.807, 2.05) is 0 Å². The molecule has 0 radical (unpaired) electrons. The third kappa shape index (κ3) is 8.78. The first kappa shape index (κ1) is 18.1. The Balaban J connectivity index is 3.76. The van der Waals surface area contributed by atoms with Gasteiger partial charge in [-0.1, -0.05) is 26.3 Å². The van der Waals surface area contributed by atoms with Crippen molar-refractivity contribution in [3.63, 3.8) is 0 Å². The Labute approximate surface area is 118 Å². The SMILES string of the molecule is C=CC(=O)ONCCC[N+](C)(C)C(C)CCCCC. The summed E-state index contributed by atoms with van der Waals surface area (Å²) >= 11 is 0. The van der Waals surface area contributed by atoms with E-state index in [9.17, 15) is 4.79 Å². The van der Waals surface area contributed by atoms with Gasteiger partial charge >= 0.3 is 5.97 Å². The average molecular weight is 271 g/mol. The Morgan fingerprint density at radius 3 is 2.63 bits per heavy atom. The van der Waals surface area contributed by atoms with Crippen LogP contribution in [0.5, 0.6) is 0 Å². The van der Waals surface area contributed by atoms with Gasteiger partial charge in [0, 0.05) is 19.0 Å². The Morgan fingerprint density at radius 1 is 1.37 bits per heavy atom. The molecule has 0 aliphatic rings. The maximum absolute atomic E-state index is 10.8. The van der Waals surface area contributed by atoms with Crippen LogP contribution in [0.2, 0.25) is 0 Å². The van der Waals surface area contributed by atoms with E-state index in [1.165, 1.54) is 25.7 Å². The third-order valence-electron chi connectivity index (χ3n) is 3.77. The van der Waals surface area contributed by atoms with Gasteiger partial charge in [0.1, 0.15) is 0 Å². The minimum absolute atomic E-state index is 0.429. The molecular formula is C15H31N2O2+. The van der Waals surface area contributed by atoms with Gasteiger partial charge in [-0.3, -0.25) is 0 Å². The van der Waals surface area contributed by atoms with E-state index >= 15 is 0 Å². The van der Waals surface area contributed by atoms with Gasteiger partial charge in [0.05, 0.1) is 26.7 Å². The van der Waals surface area contributed by atoms with Crippen LogP contribution in [-0.4, -0.2) is 43.7 Å². The van der Waals surface area contributed by atoms with Gasteiger partial charge < -0.3 is 9.32 Å². The molecule has 0 heterocycles. The van der Waals surface area contributed by atoms with Crippen LogP contribution in [0.15, 0.2) is 12.7 Å². The van der Waals surface area contributed by atoms with Crippen LogP contribution >= 0.6 is 0 Å². The lowest BCUT2D eigenvalue weighted by Gasteiger charge is -2.36. The van der Waals surface area contributed by atoms with Gasteiger partial charge in [-0.25, -0.2) is 4.79 Å². The summed E-state index contributed by atoms with van der Waals surface area (Å²) in [7, 11) is 4.54. The van der Waals surface area contributed by atoms with Crippen LogP contribution in [0.3, 0.4) is 0 Å². The topological polar surface area (TPSA) is 38.3 Å². The largest absolute Gasteiger partial charge is 0.367 e. The van der Waals surface area contributed by atoms with Crippen LogP contribution in [0.1, 0.15) is 46.0 Å². The van der Waals surface area contributed by atoms with E-state index < -0.39 is 5.97 Å². The molecule has 0 saturated heterocycles. The minimum atomic E-state index is -0.429. The number of hydrogen-bond acceptors (Lipinski definition) is 3. The Hall–Kier alpha value is -0.870. The smallest absolute Gasteiger partial charge is 0.348 e. The summed E-state index contributed by atoms with van der Waals surface area (Å²) in [5, 5.41) is 0. The quantitative estimate of drug-likeness (QED) is 0.272. The average Bonchev–Trinajstić information content (AvgIpc) is 2.38. The number of rotatable bonds is 11. The molecule has 0 aliphatic heterocycles. The second kappa shape index (κ2) is 9.98. The van der Waals surface area contributed by atoms with E-state index in [0.29, 0.717) is 12.6 Å². The summed E-state index contributed by atoms with van der Waals surface area (Å²) in [6.45, 7) is 9.66. The van der Waals surface area contributed by atoms with Gasteiger partial charge in [0.25, 0.3) is 0 Å². The van der Waals surface area contributed by atoms with Crippen LogP contribution in [0.4, 0.5) is 0 Å². The highest BCUT2D eigenvalue weighted by atomic mass is 16.7. The predicted molar refractivity (Wildman–Crippen MR) is 79.5 cm³/mol. The molecule has 0 aromatic rings. The predicted octanol–water partition coefficient (Wildman–Crippen LogP) is 2.66. The zero-order chi connectivity index (χ0) is 14.7. The number of unbranched alkanes of at least 4 members (excludes halogenated alkanes) is 2. The summed E-state index contributed by atoms with van der Waals surface area (Å²) in [5.74, 6) is -0.429. The summed E-state index contributed by atoms with van der Waals surface area (Å²) in [5.41, 5.74) is 2.67. The molecule has 1 unspecified atom stereocenters. The number of carbonyl (C=O) groups excluding carboxylic acids is 1. The standard InChI is InChI=1S/C15H31N2O2/c1-6-8-9-11-14(3)17(4,5)13-10-12-16-19-15(18)7-2/h7,14,16H,2,6,8-13H2,1,3-5H3/q+1. The molecule has 1 atom stereocenters. The highest BCUT2D eigenvalue weighted by Gasteiger charge is 2.22. The molecule has 0 bridgehead atoms. The van der Waals surface area contributed by atoms with Crippen molar-refractivity contribution in [1.29, 1.82) is 0 Å². The van der Waals surface area contributed by atoms with Crippen molar-refractivity contribution in [1.82, 2.24) is 5.48 Å². The molecule has 0 aromatic carbocycles.